The maximum atomic E-state index is 11.1. The number of nitrogens with zero attached hydrogens (tertiary/aromatic N) is 6. The molecule has 0 bridgehead atoms. The summed E-state index contributed by atoms with van der Waals surface area (Å²) in [5.41, 5.74) is 3.53. The number of piperazine rings is 1. The second-order valence-electron chi connectivity index (χ2n) is 8.85. The minimum absolute atomic E-state index is 0.0734. The molecule has 5 rings (SSSR count). The summed E-state index contributed by atoms with van der Waals surface area (Å²) in [6.07, 6.45) is 3.72. The molecule has 0 aliphatic carbocycles. The molecule has 5 heterocycles. The summed E-state index contributed by atoms with van der Waals surface area (Å²) in [6.45, 7) is 8.18. The molecule has 1 aliphatic rings. The van der Waals surface area contributed by atoms with Crippen molar-refractivity contribution < 1.29 is 5.11 Å². The second kappa shape index (κ2) is 7.28. The second-order valence-corrected chi connectivity index (χ2v) is 8.85. The summed E-state index contributed by atoms with van der Waals surface area (Å²) in [5, 5.41) is 24.2. The molecule has 1 saturated heterocycles. The number of nitrogens with one attached hydrogen (secondary N) is 2. The molecule has 9 nitrogen and oxygen atoms in total. The molecule has 0 saturated carbocycles. The average molecular weight is 421 g/mol. The van der Waals surface area contributed by atoms with E-state index in [0.717, 1.165) is 52.2 Å². The van der Waals surface area contributed by atoms with Gasteiger partial charge >= 0.3 is 0 Å². The topological polar surface area (TPSA) is 108 Å². The summed E-state index contributed by atoms with van der Waals surface area (Å²) < 4.78 is 1.78. The number of anilines is 1. The van der Waals surface area contributed by atoms with E-state index in [1.807, 2.05) is 52.2 Å². The number of aromatic amines is 1. The van der Waals surface area contributed by atoms with E-state index >= 15 is 0 Å². The van der Waals surface area contributed by atoms with Crippen LogP contribution < -0.4 is 10.2 Å². The zero-order valence-corrected chi connectivity index (χ0v) is 18.3. The number of fused-ring (bicyclic) bond motifs is 2. The molecule has 1 aliphatic heterocycles. The van der Waals surface area contributed by atoms with Gasteiger partial charge in [-0.3, -0.25) is 0 Å². The summed E-state index contributed by atoms with van der Waals surface area (Å²) in [7, 11) is 1.89. The van der Waals surface area contributed by atoms with Crippen LogP contribution in [0.1, 0.15) is 20.8 Å². The highest BCUT2D eigenvalue weighted by Crippen LogP contribution is 2.33. The van der Waals surface area contributed by atoms with Crippen LogP contribution in [0.25, 0.3) is 33.3 Å². The largest absolute Gasteiger partial charge is 0.388 e. The van der Waals surface area contributed by atoms with Gasteiger partial charge in [0.25, 0.3) is 0 Å². The Hall–Kier alpha value is -3.04. The van der Waals surface area contributed by atoms with Crippen LogP contribution in [0.5, 0.6) is 0 Å². The molecule has 3 N–H and O–H groups in total. The van der Waals surface area contributed by atoms with E-state index in [1.165, 1.54) is 0 Å². The third-order valence-corrected chi connectivity index (χ3v) is 6.66. The monoisotopic (exact) mass is 420 g/mol. The highest BCUT2D eigenvalue weighted by Gasteiger charge is 2.38. The Morgan fingerprint density at radius 3 is 2.97 bits per heavy atom. The molecule has 31 heavy (non-hydrogen) atoms. The molecule has 4 aromatic heterocycles. The van der Waals surface area contributed by atoms with Gasteiger partial charge in [-0.05, 0) is 31.0 Å². The SMILES string of the molecule is CC(C)C(C)(O)[C@H]1CN(c2nc(-c3c[nH]c4ncccc34)cc3c2nnn3C)CCN1. The predicted molar refractivity (Wildman–Crippen MR) is 121 cm³/mol. The molecule has 9 heteroatoms. The Labute approximate surface area is 180 Å². The Morgan fingerprint density at radius 2 is 2.16 bits per heavy atom. The standard InChI is InChI=1S/C22H28N8O/c1-13(2)22(3,31)18-12-30(9-8-23-18)21-19-17(29(4)28-27-19)10-16(26-21)15-11-25-20-14(15)6-5-7-24-20/h5-7,10-11,13,18,23,31H,8-9,12H2,1-4H3,(H,24,25)/t18-,22?/m1/s1. The van der Waals surface area contributed by atoms with Gasteiger partial charge in [0.15, 0.2) is 11.3 Å². The molecule has 0 amide bonds. The smallest absolute Gasteiger partial charge is 0.159 e. The van der Waals surface area contributed by atoms with Crippen molar-refractivity contribution in [3.8, 4) is 11.3 Å². The summed E-state index contributed by atoms with van der Waals surface area (Å²) >= 11 is 0. The Balaban J connectivity index is 1.62. The molecule has 1 unspecified atom stereocenters. The first-order valence-electron chi connectivity index (χ1n) is 10.7. The van der Waals surface area contributed by atoms with Crippen molar-refractivity contribution in [2.45, 2.75) is 32.4 Å². The zero-order valence-electron chi connectivity index (χ0n) is 18.3. The van der Waals surface area contributed by atoms with Gasteiger partial charge in [-0.2, -0.15) is 0 Å². The van der Waals surface area contributed by atoms with Crippen LogP contribution in [0.4, 0.5) is 5.82 Å². The number of aryl methyl sites for hydroxylation is 1. The van der Waals surface area contributed by atoms with Crippen molar-refractivity contribution in [3.63, 3.8) is 0 Å². The number of rotatable bonds is 4. The van der Waals surface area contributed by atoms with E-state index in [2.05, 4.69) is 30.5 Å². The average Bonchev–Trinajstić information content (AvgIpc) is 3.37. The molecule has 162 valence electrons. The molecular formula is C22H28N8O. The molecule has 0 spiro atoms. The Morgan fingerprint density at radius 1 is 1.32 bits per heavy atom. The fourth-order valence-electron chi connectivity index (χ4n) is 4.28. The number of pyridine rings is 2. The van der Waals surface area contributed by atoms with Crippen LogP contribution in [0.2, 0.25) is 0 Å². The van der Waals surface area contributed by atoms with Crippen LogP contribution in [0, 0.1) is 5.92 Å². The first-order valence-corrected chi connectivity index (χ1v) is 10.7. The lowest BCUT2D eigenvalue weighted by molar-refractivity contribution is -0.0231. The highest BCUT2D eigenvalue weighted by atomic mass is 16.3. The fraction of sp³-hybridized carbons (Fsp3) is 0.455. The molecule has 0 aromatic carbocycles. The molecule has 2 atom stereocenters. The Kier molecular flexibility index (Phi) is 4.67. The molecule has 0 radical (unpaired) electrons. The maximum absolute atomic E-state index is 11.1. The van der Waals surface area contributed by atoms with Crippen LogP contribution in [0.15, 0.2) is 30.6 Å². The number of aliphatic hydroxyl groups is 1. The molecule has 4 aromatic rings. The van der Waals surface area contributed by atoms with Gasteiger partial charge in [0.2, 0.25) is 0 Å². The van der Waals surface area contributed by atoms with E-state index in [4.69, 9.17) is 4.98 Å². The molecule has 1 fully saturated rings. The maximum Gasteiger partial charge on any atom is 0.159 e. The summed E-state index contributed by atoms with van der Waals surface area (Å²) in [6, 6.07) is 5.93. The third kappa shape index (κ3) is 3.24. The van der Waals surface area contributed by atoms with Gasteiger partial charge in [-0.25, -0.2) is 14.6 Å². The van der Waals surface area contributed by atoms with Gasteiger partial charge < -0.3 is 20.3 Å². The first kappa shape index (κ1) is 19.9. The van der Waals surface area contributed by atoms with Gasteiger partial charge in [-0.15, -0.1) is 5.10 Å². The van der Waals surface area contributed by atoms with Gasteiger partial charge in [-0.1, -0.05) is 19.1 Å². The van der Waals surface area contributed by atoms with E-state index < -0.39 is 5.60 Å². The zero-order chi connectivity index (χ0) is 21.8. The lowest BCUT2D eigenvalue weighted by Gasteiger charge is -2.43. The minimum atomic E-state index is -0.833. The lowest BCUT2D eigenvalue weighted by Crippen LogP contribution is -2.62. The van der Waals surface area contributed by atoms with Crippen molar-refractivity contribution in [3.05, 3.63) is 30.6 Å². The van der Waals surface area contributed by atoms with Crippen molar-refractivity contribution in [1.82, 2.24) is 35.3 Å². The van der Waals surface area contributed by atoms with E-state index in [1.54, 1.807) is 10.9 Å². The molecular weight excluding hydrogens is 392 g/mol. The quantitative estimate of drug-likeness (QED) is 0.464. The summed E-state index contributed by atoms with van der Waals surface area (Å²) in [5.74, 6) is 0.921. The third-order valence-electron chi connectivity index (χ3n) is 6.66. The van der Waals surface area contributed by atoms with Crippen molar-refractivity contribution in [2.24, 2.45) is 13.0 Å². The van der Waals surface area contributed by atoms with Crippen LogP contribution in [-0.4, -0.2) is 66.3 Å². The lowest BCUT2D eigenvalue weighted by atomic mass is 9.84. The van der Waals surface area contributed by atoms with Gasteiger partial charge in [0, 0.05) is 50.0 Å². The van der Waals surface area contributed by atoms with Crippen LogP contribution in [-0.2, 0) is 7.05 Å². The van der Waals surface area contributed by atoms with Gasteiger partial charge in [0.1, 0.15) is 5.65 Å². The minimum Gasteiger partial charge on any atom is -0.388 e. The van der Waals surface area contributed by atoms with Crippen molar-refractivity contribution in [2.75, 3.05) is 24.5 Å². The number of hydrogen-bond acceptors (Lipinski definition) is 7. The van der Waals surface area contributed by atoms with Crippen molar-refractivity contribution >= 4 is 27.9 Å². The van der Waals surface area contributed by atoms with E-state index in [-0.39, 0.29) is 12.0 Å². The summed E-state index contributed by atoms with van der Waals surface area (Å²) in [4.78, 5) is 14.9. The predicted octanol–water partition coefficient (Wildman–Crippen LogP) is 2.09. The van der Waals surface area contributed by atoms with Crippen LogP contribution >= 0.6 is 0 Å². The normalized spacial score (nSPS) is 19.4. The van der Waals surface area contributed by atoms with Crippen LogP contribution in [0.3, 0.4) is 0 Å². The van der Waals surface area contributed by atoms with Gasteiger partial charge in [0.05, 0.1) is 22.9 Å². The Bertz CT molecular complexity index is 1240. The first-order chi connectivity index (χ1) is 14.9. The fourth-order valence-corrected chi connectivity index (χ4v) is 4.28. The van der Waals surface area contributed by atoms with E-state index in [9.17, 15) is 5.11 Å². The van der Waals surface area contributed by atoms with Crippen molar-refractivity contribution in [1.29, 1.82) is 0 Å². The highest BCUT2D eigenvalue weighted by molar-refractivity contribution is 5.96. The number of aromatic nitrogens is 6. The number of hydrogen-bond donors (Lipinski definition) is 3. The number of H-pyrrole nitrogens is 1. The van der Waals surface area contributed by atoms with E-state index in [0.29, 0.717) is 6.54 Å².